The summed E-state index contributed by atoms with van der Waals surface area (Å²) in [5.41, 5.74) is 1.38. The van der Waals surface area contributed by atoms with Gasteiger partial charge in [-0.15, -0.1) is 0 Å². The van der Waals surface area contributed by atoms with Gasteiger partial charge in [0.15, 0.2) is 6.23 Å². The van der Waals surface area contributed by atoms with E-state index in [1.807, 2.05) is 4.68 Å². The van der Waals surface area contributed by atoms with Crippen molar-refractivity contribution < 1.29 is 4.74 Å². The first-order valence-corrected chi connectivity index (χ1v) is 6.36. The summed E-state index contributed by atoms with van der Waals surface area (Å²) in [5.74, 6) is 0. The maximum atomic E-state index is 9.02. The molecule has 0 amide bonds. The lowest BCUT2D eigenvalue weighted by Gasteiger charge is -2.23. The minimum atomic E-state index is -0.0241. The number of aromatic nitrogens is 2. The summed E-state index contributed by atoms with van der Waals surface area (Å²) in [7, 11) is 0. The maximum absolute atomic E-state index is 9.02. The van der Waals surface area contributed by atoms with Crippen molar-refractivity contribution in [2.75, 3.05) is 6.61 Å². The smallest absolute Gasteiger partial charge is 0.150 e. The van der Waals surface area contributed by atoms with E-state index in [4.69, 9.17) is 21.6 Å². The molecule has 0 spiro atoms. The molecule has 1 unspecified atom stereocenters. The predicted octanol–water partition coefficient (Wildman–Crippen LogP) is 3.26. The molecule has 4 nitrogen and oxygen atoms in total. The lowest BCUT2D eigenvalue weighted by atomic mass is 10.1. The van der Waals surface area contributed by atoms with Crippen LogP contribution < -0.4 is 0 Å². The van der Waals surface area contributed by atoms with Crippen LogP contribution in [0.3, 0.4) is 0 Å². The molecule has 2 heterocycles. The number of hydrogen-bond acceptors (Lipinski definition) is 3. The second-order valence-electron chi connectivity index (χ2n) is 4.41. The molecule has 1 aromatic carbocycles. The van der Waals surface area contributed by atoms with Crippen LogP contribution in [-0.4, -0.2) is 16.4 Å². The number of nitriles is 1. The summed E-state index contributed by atoms with van der Waals surface area (Å²) in [5, 5.41) is 14.8. The summed E-state index contributed by atoms with van der Waals surface area (Å²) < 4.78 is 7.57. The van der Waals surface area contributed by atoms with E-state index >= 15 is 0 Å². The van der Waals surface area contributed by atoms with Crippen molar-refractivity contribution in [3.8, 4) is 6.07 Å². The van der Waals surface area contributed by atoms with E-state index in [-0.39, 0.29) is 6.23 Å². The predicted molar refractivity (Wildman–Crippen MR) is 68.3 cm³/mol. The number of hydrogen-bond donors (Lipinski definition) is 0. The average Bonchev–Trinajstić information content (AvgIpc) is 2.81. The van der Waals surface area contributed by atoms with E-state index in [1.54, 1.807) is 18.3 Å². The van der Waals surface area contributed by atoms with Crippen LogP contribution in [0.2, 0.25) is 5.02 Å². The second kappa shape index (κ2) is 4.60. The SMILES string of the molecule is N#Cc1cc2c(cnn2C2CCCCO2)cc1Cl. The molecule has 1 atom stereocenters. The standard InChI is InChI=1S/C13H12ClN3O/c14-11-5-10-8-16-17(12(10)6-9(11)7-15)13-3-1-2-4-18-13/h5-6,8,13H,1-4H2. The topological polar surface area (TPSA) is 50.8 Å². The molecule has 0 aliphatic carbocycles. The third-order valence-electron chi connectivity index (χ3n) is 3.23. The van der Waals surface area contributed by atoms with Gasteiger partial charge in [-0.1, -0.05) is 11.6 Å². The number of fused-ring (bicyclic) bond motifs is 1. The molecule has 1 aromatic heterocycles. The highest BCUT2D eigenvalue weighted by molar-refractivity contribution is 6.32. The van der Waals surface area contributed by atoms with E-state index in [2.05, 4.69) is 11.2 Å². The summed E-state index contributed by atoms with van der Waals surface area (Å²) in [4.78, 5) is 0. The molecule has 0 bridgehead atoms. The van der Waals surface area contributed by atoms with Crippen molar-refractivity contribution in [2.45, 2.75) is 25.5 Å². The number of benzene rings is 1. The molecule has 18 heavy (non-hydrogen) atoms. The van der Waals surface area contributed by atoms with E-state index < -0.39 is 0 Å². The Labute approximate surface area is 110 Å². The Morgan fingerprint density at radius 3 is 3.06 bits per heavy atom. The molecule has 92 valence electrons. The van der Waals surface area contributed by atoms with Crippen LogP contribution in [0.25, 0.3) is 10.9 Å². The molecule has 1 aliphatic rings. The van der Waals surface area contributed by atoms with Gasteiger partial charge in [0.2, 0.25) is 0 Å². The summed E-state index contributed by atoms with van der Waals surface area (Å²) in [6, 6.07) is 5.65. The van der Waals surface area contributed by atoms with Crippen LogP contribution in [0, 0.1) is 11.3 Å². The molecule has 0 N–H and O–H groups in total. The molecular formula is C13H12ClN3O. The largest absolute Gasteiger partial charge is 0.356 e. The average molecular weight is 262 g/mol. The van der Waals surface area contributed by atoms with Gasteiger partial charge in [0.25, 0.3) is 0 Å². The lowest BCUT2D eigenvalue weighted by Crippen LogP contribution is -2.18. The first kappa shape index (κ1) is 11.5. The van der Waals surface area contributed by atoms with Crippen molar-refractivity contribution >= 4 is 22.5 Å². The fourth-order valence-corrected chi connectivity index (χ4v) is 2.51. The molecule has 2 aromatic rings. The second-order valence-corrected chi connectivity index (χ2v) is 4.82. The van der Waals surface area contributed by atoms with Crippen LogP contribution in [0.1, 0.15) is 31.1 Å². The fourth-order valence-electron chi connectivity index (χ4n) is 2.30. The molecule has 3 rings (SSSR count). The maximum Gasteiger partial charge on any atom is 0.150 e. The van der Waals surface area contributed by atoms with E-state index in [0.29, 0.717) is 10.6 Å². The zero-order valence-electron chi connectivity index (χ0n) is 9.77. The van der Waals surface area contributed by atoms with Crippen molar-refractivity contribution in [1.82, 2.24) is 9.78 Å². The molecular weight excluding hydrogens is 250 g/mol. The van der Waals surface area contributed by atoms with Crippen LogP contribution in [0.4, 0.5) is 0 Å². The van der Waals surface area contributed by atoms with Gasteiger partial charge in [-0.25, -0.2) is 4.68 Å². The van der Waals surface area contributed by atoms with Gasteiger partial charge in [0.05, 0.1) is 22.3 Å². The van der Waals surface area contributed by atoms with Gasteiger partial charge in [0, 0.05) is 12.0 Å². The fraction of sp³-hybridized carbons (Fsp3) is 0.385. The Hall–Kier alpha value is -1.57. The van der Waals surface area contributed by atoms with Crippen LogP contribution in [0.5, 0.6) is 0 Å². The Morgan fingerprint density at radius 1 is 1.44 bits per heavy atom. The van der Waals surface area contributed by atoms with Gasteiger partial charge in [-0.2, -0.15) is 10.4 Å². The third-order valence-corrected chi connectivity index (χ3v) is 3.55. The zero-order valence-corrected chi connectivity index (χ0v) is 10.5. The van der Waals surface area contributed by atoms with Gasteiger partial charge < -0.3 is 4.74 Å². The first-order chi connectivity index (χ1) is 8.79. The number of ether oxygens (including phenoxy) is 1. The van der Waals surface area contributed by atoms with Gasteiger partial charge >= 0.3 is 0 Å². The number of rotatable bonds is 1. The van der Waals surface area contributed by atoms with E-state index in [9.17, 15) is 0 Å². The monoisotopic (exact) mass is 261 g/mol. The molecule has 1 aliphatic heterocycles. The molecule has 0 saturated carbocycles. The number of nitrogens with zero attached hydrogens (tertiary/aromatic N) is 3. The third kappa shape index (κ3) is 1.86. The summed E-state index contributed by atoms with van der Waals surface area (Å²) in [6.45, 7) is 0.769. The Morgan fingerprint density at radius 2 is 2.33 bits per heavy atom. The molecule has 5 heteroatoms. The zero-order chi connectivity index (χ0) is 12.5. The van der Waals surface area contributed by atoms with Crippen LogP contribution >= 0.6 is 11.6 Å². The normalized spacial score (nSPS) is 19.9. The van der Waals surface area contributed by atoms with E-state index in [1.165, 1.54) is 0 Å². The van der Waals surface area contributed by atoms with Crippen LogP contribution in [-0.2, 0) is 4.74 Å². The highest BCUT2D eigenvalue weighted by Crippen LogP contribution is 2.29. The minimum absolute atomic E-state index is 0.0241. The summed E-state index contributed by atoms with van der Waals surface area (Å²) in [6.07, 6.45) is 4.95. The van der Waals surface area contributed by atoms with Gasteiger partial charge in [-0.05, 0) is 31.4 Å². The quantitative estimate of drug-likeness (QED) is 0.792. The Balaban J connectivity index is 2.10. The van der Waals surface area contributed by atoms with Crippen molar-refractivity contribution in [1.29, 1.82) is 5.26 Å². The highest BCUT2D eigenvalue weighted by Gasteiger charge is 2.19. The lowest BCUT2D eigenvalue weighted by molar-refractivity contribution is -0.0366. The van der Waals surface area contributed by atoms with Gasteiger partial charge in [-0.3, -0.25) is 0 Å². The Bertz CT molecular complexity index is 623. The molecule has 1 saturated heterocycles. The Kier molecular flexibility index (Phi) is 2.94. The van der Waals surface area contributed by atoms with Crippen molar-refractivity contribution in [3.05, 3.63) is 28.9 Å². The minimum Gasteiger partial charge on any atom is -0.356 e. The van der Waals surface area contributed by atoms with Crippen molar-refractivity contribution in [2.24, 2.45) is 0 Å². The van der Waals surface area contributed by atoms with Crippen molar-refractivity contribution in [3.63, 3.8) is 0 Å². The molecule has 1 fully saturated rings. The first-order valence-electron chi connectivity index (χ1n) is 5.98. The highest BCUT2D eigenvalue weighted by atomic mass is 35.5. The van der Waals surface area contributed by atoms with Crippen LogP contribution in [0.15, 0.2) is 18.3 Å². The number of halogens is 1. The summed E-state index contributed by atoms with van der Waals surface area (Å²) >= 11 is 6.01. The molecule has 0 radical (unpaired) electrons. The van der Waals surface area contributed by atoms with E-state index in [0.717, 1.165) is 36.8 Å². The van der Waals surface area contributed by atoms with Gasteiger partial charge in [0.1, 0.15) is 6.07 Å².